The first-order valence-electron chi connectivity index (χ1n) is 9.00. The molecule has 9 heteroatoms. The van der Waals surface area contributed by atoms with Crippen LogP contribution in [0.15, 0.2) is 53.4 Å². The summed E-state index contributed by atoms with van der Waals surface area (Å²) in [5, 5.41) is 13.7. The van der Waals surface area contributed by atoms with E-state index in [4.69, 9.17) is 0 Å². The molecule has 2 aromatic carbocycles. The van der Waals surface area contributed by atoms with Gasteiger partial charge in [0.2, 0.25) is 10.0 Å². The number of nitrogens with one attached hydrogen (secondary N) is 1. The van der Waals surface area contributed by atoms with E-state index in [0.29, 0.717) is 18.7 Å². The summed E-state index contributed by atoms with van der Waals surface area (Å²) in [6.07, 6.45) is 2.67. The van der Waals surface area contributed by atoms with Gasteiger partial charge in [-0.2, -0.15) is 4.31 Å². The number of carbonyl (C=O) groups is 1. The summed E-state index contributed by atoms with van der Waals surface area (Å²) in [6, 6.07) is 12.0. The monoisotopic (exact) mass is 403 g/mol. The lowest BCUT2D eigenvalue weighted by Crippen LogP contribution is -2.35. The zero-order valence-corrected chi connectivity index (χ0v) is 16.0. The highest BCUT2D eigenvalue weighted by atomic mass is 32.2. The molecule has 0 aromatic heterocycles. The number of hydrogen-bond acceptors (Lipinski definition) is 5. The van der Waals surface area contributed by atoms with Crippen LogP contribution < -0.4 is 5.32 Å². The Bertz CT molecular complexity index is 985. The molecule has 0 bridgehead atoms. The van der Waals surface area contributed by atoms with Crippen molar-refractivity contribution in [3.63, 3.8) is 0 Å². The summed E-state index contributed by atoms with van der Waals surface area (Å²) < 4.78 is 27.0. The fourth-order valence-corrected chi connectivity index (χ4v) is 4.73. The van der Waals surface area contributed by atoms with Gasteiger partial charge in [-0.3, -0.25) is 14.9 Å². The van der Waals surface area contributed by atoms with E-state index in [1.807, 2.05) is 0 Å². The minimum atomic E-state index is -3.64. The van der Waals surface area contributed by atoms with Gasteiger partial charge in [-0.05, 0) is 31.0 Å². The maximum Gasteiger partial charge on any atom is 0.274 e. The highest BCUT2D eigenvalue weighted by Crippen LogP contribution is 2.22. The van der Waals surface area contributed by atoms with Crippen molar-refractivity contribution in [3.8, 4) is 0 Å². The summed E-state index contributed by atoms with van der Waals surface area (Å²) in [5.41, 5.74) is 0.485. The number of amides is 1. The summed E-state index contributed by atoms with van der Waals surface area (Å²) in [6.45, 7) is 0.936. The Morgan fingerprint density at radius 2 is 1.79 bits per heavy atom. The first-order chi connectivity index (χ1) is 13.4. The van der Waals surface area contributed by atoms with E-state index in [9.17, 15) is 23.3 Å². The minimum Gasteiger partial charge on any atom is -0.348 e. The molecule has 1 amide bonds. The van der Waals surface area contributed by atoms with Crippen LogP contribution in [-0.4, -0.2) is 36.6 Å². The molecule has 28 heavy (non-hydrogen) atoms. The van der Waals surface area contributed by atoms with Crippen LogP contribution in [0.25, 0.3) is 0 Å². The van der Waals surface area contributed by atoms with Crippen LogP contribution in [-0.2, 0) is 16.6 Å². The second-order valence-corrected chi connectivity index (χ2v) is 8.50. The first-order valence-corrected chi connectivity index (χ1v) is 10.4. The van der Waals surface area contributed by atoms with Crippen LogP contribution in [0.2, 0.25) is 0 Å². The minimum absolute atomic E-state index is 0.0287. The largest absolute Gasteiger partial charge is 0.348 e. The lowest BCUT2D eigenvalue weighted by atomic mass is 10.1. The maximum absolute atomic E-state index is 12.8. The first kappa shape index (κ1) is 20.0. The van der Waals surface area contributed by atoms with Gasteiger partial charge in [-0.25, -0.2) is 8.42 Å². The molecule has 0 spiro atoms. The number of para-hydroxylation sites is 1. The number of hydrogen-bond donors (Lipinski definition) is 1. The summed E-state index contributed by atoms with van der Waals surface area (Å²) in [4.78, 5) is 23.1. The summed E-state index contributed by atoms with van der Waals surface area (Å²) >= 11 is 0. The van der Waals surface area contributed by atoms with Gasteiger partial charge in [0.25, 0.3) is 11.6 Å². The molecule has 0 radical (unpaired) electrons. The molecule has 1 saturated heterocycles. The maximum atomic E-state index is 12.8. The number of sulfonamides is 1. The third-order valence-electron chi connectivity index (χ3n) is 4.68. The zero-order valence-electron chi connectivity index (χ0n) is 15.2. The molecule has 1 heterocycles. The van der Waals surface area contributed by atoms with Crippen LogP contribution in [0, 0.1) is 10.1 Å². The van der Waals surface area contributed by atoms with E-state index in [-0.39, 0.29) is 22.7 Å². The van der Waals surface area contributed by atoms with Gasteiger partial charge >= 0.3 is 0 Å². The second kappa shape index (κ2) is 8.49. The van der Waals surface area contributed by atoms with Crippen molar-refractivity contribution in [2.45, 2.75) is 30.7 Å². The Morgan fingerprint density at radius 1 is 1.07 bits per heavy atom. The number of nitrogens with zero attached hydrogens (tertiary/aromatic N) is 2. The average Bonchev–Trinajstić information content (AvgIpc) is 2.73. The molecular formula is C19H21N3O5S. The lowest BCUT2D eigenvalue weighted by Gasteiger charge is -2.26. The van der Waals surface area contributed by atoms with E-state index >= 15 is 0 Å². The van der Waals surface area contributed by atoms with E-state index in [0.717, 1.165) is 19.3 Å². The standard InChI is InChI=1S/C19H21N3O5S/c23-19(20-14-16-7-2-3-10-18(16)22(24)25)15-8-6-9-17(13-15)28(26,27)21-11-4-1-5-12-21/h2-3,6-10,13H,1,4-5,11-12,14H2,(H,20,23). The van der Waals surface area contributed by atoms with Crippen molar-refractivity contribution in [2.24, 2.45) is 0 Å². The molecule has 1 aliphatic rings. The quantitative estimate of drug-likeness (QED) is 0.589. The number of rotatable bonds is 6. The topological polar surface area (TPSA) is 110 Å². The highest BCUT2D eigenvalue weighted by Gasteiger charge is 2.26. The molecule has 2 aromatic rings. The van der Waals surface area contributed by atoms with Crippen molar-refractivity contribution in [2.75, 3.05) is 13.1 Å². The molecule has 0 unspecified atom stereocenters. The smallest absolute Gasteiger partial charge is 0.274 e. The Labute approximate surface area is 163 Å². The predicted octanol–water partition coefficient (Wildman–Crippen LogP) is 2.70. The van der Waals surface area contributed by atoms with Crippen molar-refractivity contribution in [1.82, 2.24) is 9.62 Å². The number of nitro benzene ring substituents is 1. The van der Waals surface area contributed by atoms with Crippen molar-refractivity contribution >= 4 is 21.6 Å². The number of nitro groups is 1. The molecule has 0 aliphatic carbocycles. The number of carbonyl (C=O) groups excluding carboxylic acids is 1. The highest BCUT2D eigenvalue weighted by molar-refractivity contribution is 7.89. The Balaban J connectivity index is 1.75. The normalized spacial score (nSPS) is 15.1. The van der Waals surface area contributed by atoms with E-state index in [1.54, 1.807) is 18.2 Å². The van der Waals surface area contributed by atoms with Gasteiger partial charge < -0.3 is 5.32 Å². The molecular weight excluding hydrogens is 382 g/mol. The van der Waals surface area contributed by atoms with Crippen LogP contribution in [0.4, 0.5) is 5.69 Å². The third-order valence-corrected chi connectivity index (χ3v) is 6.57. The molecule has 3 rings (SSSR count). The number of benzene rings is 2. The van der Waals surface area contributed by atoms with Gasteiger partial charge in [0, 0.05) is 36.8 Å². The van der Waals surface area contributed by atoms with Gasteiger partial charge in [-0.1, -0.05) is 30.7 Å². The van der Waals surface area contributed by atoms with Crippen LogP contribution in [0.1, 0.15) is 35.2 Å². The van der Waals surface area contributed by atoms with Crippen molar-refractivity contribution < 1.29 is 18.1 Å². The summed E-state index contributed by atoms with van der Waals surface area (Å²) in [7, 11) is -3.64. The summed E-state index contributed by atoms with van der Waals surface area (Å²) in [5.74, 6) is -0.492. The molecule has 1 fully saturated rings. The molecule has 1 aliphatic heterocycles. The SMILES string of the molecule is O=C(NCc1ccccc1[N+](=O)[O-])c1cccc(S(=O)(=O)N2CCCCC2)c1. The fourth-order valence-electron chi connectivity index (χ4n) is 3.17. The van der Waals surface area contributed by atoms with E-state index in [1.165, 1.54) is 34.6 Å². The van der Waals surface area contributed by atoms with Crippen molar-refractivity contribution in [3.05, 3.63) is 69.8 Å². The Morgan fingerprint density at radius 3 is 2.50 bits per heavy atom. The van der Waals surface area contributed by atoms with E-state index in [2.05, 4.69) is 5.32 Å². The number of piperidine rings is 1. The van der Waals surface area contributed by atoms with Gasteiger partial charge in [0.05, 0.1) is 9.82 Å². The molecule has 148 valence electrons. The van der Waals surface area contributed by atoms with Gasteiger partial charge in [0.1, 0.15) is 0 Å². The molecule has 0 saturated carbocycles. The van der Waals surface area contributed by atoms with Crippen LogP contribution in [0.3, 0.4) is 0 Å². The molecule has 8 nitrogen and oxygen atoms in total. The Hall–Kier alpha value is -2.78. The van der Waals surface area contributed by atoms with Gasteiger partial charge in [0.15, 0.2) is 0 Å². The van der Waals surface area contributed by atoms with Gasteiger partial charge in [-0.15, -0.1) is 0 Å². The van der Waals surface area contributed by atoms with E-state index < -0.39 is 20.9 Å². The fraction of sp³-hybridized carbons (Fsp3) is 0.316. The average molecular weight is 403 g/mol. The molecule has 0 atom stereocenters. The second-order valence-electron chi connectivity index (χ2n) is 6.56. The van der Waals surface area contributed by atoms with Crippen LogP contribution in [0.5, 0.6) is 0 Å². The predicted molar refractivity (Wildman–Crippen MR) is 103 cm³/mol. The van der Waals surface area contributed by atoms with Crippen molar-refractivity contribution in [1.29, 1.82) is 0 Å². The molecule has 1 N–H and O–H groups in total. The Kier molecular flexibility index (Phi) is 6.05. The lowest BCUT2D eigenvalue weighted by molar-refractivity contribution is -0.385. The third kappa shape index (κ3) is 4.37. The van der Waals surface area contributed by atoms with Crippen LogP contribution >= 0.6 is 0 Å². The zero-order chi connectivity index (χ0) is 20.1.